The van der Waals surface area contributed by atoms with E-state index in [0.717, 1.165) is 19.7 Å². The van der Waals surface area contributed by atoms with E-state index >= 15 is 0 Å². The summed E-state index contributed by atoms with van der Waals surface area (Å²) in [7, 11) is 0. The Bertz CT molecular complexity index is 840. The predicted molar refractivity (Wildman–Crippen MR) is 97.1 cm³/mol. The molecule has 0 aliphatic carbocycles. The standard InChI is InChI=1S/C18H14BrNO3S/c19-13-7-5-12(6-8-13)15(21)9-10-18(22)23-11-17-20-14-3-1-2-4-16(14)24-17/h1-8H,9-11H2. The van der Waals surface area contributed by atoms with Crippen LogP contribution in [0, 0.1) is 0 Å². The summed E-state index contributed by atoms with van der Waals surface area (Å²) in [6.07, 6.45) is 0.208. The van der Waals surface area contributed by atoms with E-state index in [1.165, 1.54) is 11.3 Å². The third-order valence-electron chi connectivity index (χ3n) is 3.42. The number of aromatic nitrogens is 1. The number of carbonyl (C=O) groups excluding carboxylic acids is 2. The number of Topliss-reactive ketones (excluding diaryl/α,β-unsaturated/α-hetero) is 1. The predicted octanol–water partition coefficient (Wildman–Crippen LogP) is 4.77. The number of hydrogen-bond donors (Lipinski definition) is 0. The summed E-state index contributed by atoms with van der Waals surface area (Å²) in [5.74, 6) is -0.459. The molecule has 0 fully saturated rings. The molecule has 2 aromatic carbocycles. The van der Waals surface area contributed by atoms with E-state index in [1.807, 2.05) is 24.3 Å². The molecule has 0 atom stereocenters. The van der Waals surface area contributed by atoms with Crippen LogP contribution in [0.15, 0.2) is 53.0 Å². The van der Waals surface area contributed by atoms with Gasteiger partial charge in [-0.25, -0.2) is 4.98 Å². The fourth-order valence-electron chi connectivity index (χ4n) is 2.19. The van der Waals surface area contributed by atoms with E-state index in [-0.39, 0.29) is 31.2 Å². The van der Waals surface area contributed by atoms with Crippen molar-refractivity contribution in [1.29, 1.82) is 0 Å². The smallest absolute Gasteiger partial charge is 0.306 e. The number of ether oxygens (including phenoxy) is 1. The molecule has 0 aliphatic rings. The van der Waals surface area contributed by atoms with Crippen molar-refractivity contribution >= 4 is 49.2 Å². The SMILES string of the molecule is O=C(CCC(=O)c1ccc(Br)cc1)OCc1nc2ccccc2s1. The summed E-state index contributed by atoms with van der Waals surface area (Å²) in [4.78, 5) is 28.2. The number of rotatable bonds is 6. The molecule has 6 heteroatoms. The minimum absolute atomic E-state index is 0.0692. The third kappa shape index (κ3) is 4.27. The van der Waals surface area contributed by atoms with Crippen LogP contribution >= 0.6 is 27.3 Å². The van der Waals surface area contributed by atoms with Crippen LogP contribution in [-0.4, -0.2) is 16.7 Å². The second-order valence-electron chi connectivity index (χ2n) is 5.17. The molecule has 1 heterocycles. The van der Waals surface area contributed by atoms with Crippen molar-refractivity contribution in [2.75, 3.05) is 0 Å². The highest BCUT2D eigenvalue weighted by Crippen LogP contribution is 2.22. The number of hydrogen-bond acceptors (Lipinski definition) is 5. The first-order valence-corrected chi connectivity index (χ1v) is 9.01. The number of ketones is 1. The van der Waals surface area contributed by atoms with Gasteiger partial charge in [-0.3, -0.25) is 9.59 Å². The monoisotopic (exact) mass is 403 g/mol. The van der Waals surface area contributed by atoms with Crippen LogP contribution in [0.4, 0.5) is 0 Å². The molecule has 3 rings (SSSR count). The van der Waals surface area contributed by atoms with E-state index in [2.05, 4.69) is 20.9 Å². The summed E-state index contributed by atoms with van der Waals surface area (Å²) in [6, 6.07) is 14.9. The number of nitrogens with zero attached hydrogens (tertiary/aromatic N) is 1. The van der Waals surface area contributed by atoms with Crippen LogP contribution in [-0.2, 0) is 16.1 Å². The third-order valence-corrected chi connectivity index (χ3v) is 4.96. The van der Waals surface area contributed by atoms with Crippen molar-refractivity contribution in [3.63, 3.8) is 0 Å². The molecule has 0 bridgehead atoms. The van der Waals surface area contributed by atoms with Crippen molar-refractivity contribution in [2.45, 2.75) is 19.4 Å². The fourth-order valence-corrected chi connectivity index (χ4v) is 3.34. The average molecular weight is 404 g/mol. The second kappa shape index (κ2) is 7.68. The van der Waals surface area contributed by atoms with Gasteiger partial charge in [-0.2, -0.15) is 0 Å². The van der Waals surface area contributed by atoms with Gasteiger partial charge in [-0.15, -0.1) is 11.3 Å². The molecule has 0 unspecified atom stereocenters. The quantitative estimate of drug-likeness (QED) is 0.439. The molecule has 0 amide bonds. The van der Waals surface area contributed by atoms with Crippen LogP contribution in [0.5, 0.6) is 0 Å². The number of carbonyl (C=O) groups is 2. The molecule has 24 heavy (non-hydrogen) atoms. The Morgan fingerprint density at radius 1 is 1.04 bits per heavy atom. The van der Waals surface area contributed by atoms with Crippen LogP contribution in [0.3, 0.4) is 0 Å². The topological polar surface area (TPSA) is 56.3 Å². The molecule has 1 aromatic heterocycles. The van der Waals surface area contributed by atoms with Crippen LogP contribution in [0.25, 0.3) is 10.2 Å². The lowest BCUT2D eigenvalue weighted by molar-refractivity contribution is -0.144. The zero-order valence-electron chi connectivity index (χ0n) is 12.7. The van der Waals surface area contributed by atoms with Gasteiger partial charge in [0.05, 0.1) is 16.6 Å². The van der Waals surface area contributed by atoms with Gasteiger partial charge >= 0.3 is 5.97 Å². The minimum Gasteiger partial charge on any atom is -0.458 e. The Kier molecular flexibility index (Phi) is 5.37. The first kappa shape index (κ1) is 16.8. The Morgan fingerprint density at radius 3 is 2.54 bits per heavy atom. The van der Waals surface area contributed by atoms with Crippen molar-refractivity contribution in [3.05, 3.63) is 63.6 Å². The lowest BCUT2D eigenvalue weighted by atomic mass is 10.1. The number of fused-ring (bicyclic) bond motifs is 1. The molecule has 0 spiro atoms. The highest BCUT2D eigenvalue weighted by molar-refractivity contribution is 9.10. The van der Waals surface area contributed by atoms with Gasteiger partial charge in [0, 0.05) is 16.5 Å². The maximum Gasteiger partial charge on any atom is 0.306 e. The summed E-state index contributed by atoms with van der Waals surface area (Å²) < 4.78 is 7.19. The Labute approximate surface area is 151 Å². The molecular formula is C18H14BrNO3S. The van der Waals surface area contributed by atoms with Gasteiger partial charge in [-0.1, -0.05) is 40.2 Å². The first-order valence-electron chi connectivity index (χ1n) is 7.40. The Morgan fingerprint density at radius 2 is 1.79 bits per heavy atom. The van der Waals surface area contributed by atoms with E-state index in [1.54, 1.807) is 24.3 Å². The summed E-state index contributed by atoms with van der Waals surface area (Å²) >= 11 is 4.82. The van der Waals surface area contributed by atoms with Crippen LogP contribution < -0.4 is 0 Å². The number of halogens is 1. The number of thiazole rings is 1. The van der Waals surface area contributed by atoms with Crippen LogP contribution in [0.1, 0.15) is 28.2 Å². The Balaban J connectivity index is 1.48. The van der Waals surface area contributed by atoms with Gasteiger partial charge in [0.1, 0.15) is 11.6 Å². The first-order chi connectivity index (χ1) is 11.6. The zero-order chi connectivity index (χ0) is 16.9. The molecule has 0 saturated heterocycles. The number of para-hydroxylation sites is 1. The molecule has 122 valence electrons. The normalized spacial score (nSPS) is 10.7. The summed E-state index contributed by atoms with van der Waals surface area (Å²) in [5, 5.41) is 0.754. The van der Waals surface area contributed by atoms with E-state index in [0.29, 0.717) is 5.56 Å². The van der Waals surface area contributed by atoms with Crippen molar-refractivity contribution in [3.8, 4) is 0 Å². The fraction of sp³-hybridized carbons (Fsp3) is 0.167. The highest BCUT2D eigenvalue weighted by Gasteiger charge is 2.11. The zero-order valence-corrected chi connectivity index (χ0v) is 15.1. The van der Waals surface area contributed by atoms with Gasteiger partial charge in [0.2, 0.25) is 0 Å². The van der Waals surface area contributed by atoms with Crippen molar-refractivity contribution in [1.82, 2.24) is 4.98 Å². The van der Waals surface area contributed by atoms with Gasteiger partial charge in [0.25, 0.3) is 0 Å². The maximum atomic E-state index is 12.0. The lowest BCUT2D eigenvalue weighted by Crippen LogP contribution is -2.08. The van der Waals surface area contributed by atoms with E-state index in [9.17, 15) is 9.59 Å². The van der Waals surface area contributed by atoms with Crippen molar-refractivity contribution in [2.24, 2.45) is 0 Å². The highest BCUT2D eigenvalue weighted by atomic mass is 79.9. The molecule has 0 aliphatic heterocycles. The summed E-state index contributed by atoms with van der Waals surface area (Å²) in [5.41, 5.74) is 1.50. The molecule has 0 radical (unpaired) electrons. The second-order valence-corrected chi connectivity index (χ2v) is 7.20. The molecule has 0 saturated carbocycles. The number of esters is 1. The molecule has 4 nitrogen and oxygen atoms in total. The maximum absolute atomic E-state index is 12.0. The van der Waals surface area contributed by atoms with Gasteiger partial charge in [-0.05, 0) is 24.3 Å². The van der Waals surface area contributed by atoms with Crippen molar-refractivity contribution < 1.29 is 14.3 Å². The molecule has 3 aromatic rings. The lowest BCUT2D eigenvalue weighted by Gasteiger charge is -2.03. The molecule has 0 N–H and O–H groups in total. The van der Waals surface area contributed by atoms with E-state index < -0.39 is 0 Å². The molecular weight excluding hydrogens is 390 g/mol. The van der Waals surface area contributed by atoms with Crippen LogP contribution in [0.2, 0.25) is 0 Å². The average Bonchev–Trinajstić information content (AvgIpc) is 3.01. The van der Waals surface area contributed by atoms with Gasteiger partial charge < -0.3 is 4.74 Å². The van der Waals surface area contributed by atoms with E-state index in [4.69, 9.17) is 4.74 Å². The largest absolute Gasteiger partial charge is 0.458 e. The number of benzene rings is 2. The van der Waals surface area contributed by atoms with Gasteiger partial charge in [0.15, 0.2) is 5.78 Å². The minimum atomic E-state index is -0.389. The summed E-state index contributed by atoms with van der Waals surface area (Å²) in [6.45, 7) is 0.144. The Hall–Kier alpha value is -2.05.